The van der Waals surface area contributed by atoms with Crippen molar-refractivity contribution in [3.8, 4) is 0 Å². The third-order valence-corrected chi connectivity index (χ3v) is 6.03. The van der Waals surface area contributed by atoms with Crippen LogP contribution in [-0.4, -0.2) is 37.1 Å². The number of anilines is 1. The number of piperidine rings is 1. The summed E-state index contributed by atoms with van der Waals surface area (Å²) in [5.41, 5.74) is 1.26. The highest BCUT2D eigenvalue weighted by atomic mass is 16.6. The van der Waals surface area contributed by atoms with Crippen LogP contribution < -0.4 is 4.90 Å². The molecule has 134 valence electrons. The normalized spacial score (nSPS) is 25.7. The van der Waals surface area contributed by atoms with E-state index in [4.69, 9.17) is 0 Å². The van der Waals surface area contributed by atoms with Crippen molar-refractivity contribution in [3.63, 3.8) is 0 Å². The Labute approximate surface area is 149 Å². The number of hydrogen-bond donors (Lipinski definition) is 0. The van der Waals surface area contributed by atoms with E-state index in [0.29, 0.717) is 18.4 Å². The van der Waals surface area contributed by atoms with Crippen molar-refractivity contribution < 1.29 is 9.72 Å². The number of fused-ring (bicyclic) bond motifs is 1. The fourth-order valence-electron chi connectivity index (χ4n) is 4.27. The average molecular weight is 354 g/mol. The molecule has 3 fully saturated rings. The summed E-state index contributed by atoms with van der Waals surface area (Å²) in [7, 11) is 0. The van der Waals surface area contributed by atoms with E-state index in [1.165, 1.54) is 12.4 Å². The minimum Gasteiger partial charge on any atom is -0.280 e. The van der Waals surface area contributed by atoms with Crippen LogP contribution in [0.15, 0.2) is 18.6 Å². The molecule has 0 spiro atoms. The zero-order chi connectivity index (χ0) is 18.1. The van der Waals surface area contributed by atoms with Crippen molar-refractivity contribution in [2.24, 2.45) is 11.8 Å². The van der Waals surface area contributed by atoms with Crippen LogP contribution in [0, 0.1) is 28.9 Å². The van der Waals surface area contributed by atoms with Gasteiger partial charge in [-0.2, -0.15) is 5.10 Å². The Morgan fingerprint density at radius 2 is 2.15 bits per heavy atom. The Kier molecular flexibility index (Phi) is 3.02. The Morgan fingerprint density at radius 1 is 1.35 bits per heavy atom. The van der Waals surface area contributed by atoms with Crippen molar-refractivity contribution in [1.29, 1.82) is 0 Å². The summed E-state index contributed by atoms with van der Waals surface area (Å²) in [6.45, 7) is 2.61. The number of carbonyl (C=O) groups is 1. The summed E-state index contributed by atoms with van der Waals surface area (Å²) in [5.74, 6) is 1.22. The first kappa shape index (κ1) is 15.4. The first-order valence-corrected chi connectivity index (χ1v) is 8.85. The second-order valence-corrected chi connectivity index (χ2v) is 7.51. The number of carbonyl (C=O) groups excluding carboxylic acids is 1. The van der Waals surface area contributed by atoms with Crippen molar-refractivity contribution in [2.75, 3.05) is 11.4 Å². The maximum absolute atomic E-state index is 12.3. The van der Waals surface area contributed by atoms with Crippen molar-refractivity contribution in [2.45, 2.75) is 38.1 Å². The van der Waals surface area contributed by atoms with Gasteiger partial charge in [-0.1, -0.05) is 0 Å². The number of aromatic nitrogens is 4. The first-order chi connectivity index (χ1) is 12.5. The fraction of sp³-hybridized carbons (Fsp3) is 0.529. The molecule has 2 aromatic heterocycles. The molecule has 26 heavy (non-hydrogen) atoms. The fourth-order valence-corrected chi connectivity index (χ4v) is 4.27. The highest BCUT2D eigenvalue weighted by Gasteiger charge is 2.53. The standard InChI is InChI=1S/C17H18N6O3/c1-10-14(7-18-16(20-10)21-8-11-5-13(11)15(21)24)17(3-2-4-17)22-9-12(6-19-22)23(25)26/h6-7,9,11,13H,2-5,8H2,1H3/t11-,13-/m1/s1. The van der Waals surface area contributed by atoms with Crippen LogP contribution in [0.4, 0.5) is 11.6 Å². The van der Waals surface area contributed by atoms with Gasteiger partial charge in [-0.15, -0.1) is 0 Å². The Hall–Kier alpha value is -2.84. The lowest BCUT2D eigenvalue weighted by Gasteiger charge is -2.42. The van der Waals surface area contributed by atoms with E-state index in [-0.39, 0.29) is 17.5 Å². The zero-order valence-corrected chi connectivity index (χ0v) is 14.3. The highest BCUT2D eigenvalue weighted by Crippen LogP contribution is 2.48. The summed E-state index contributed by atoms with van der Waals surface area (Å²) >= 11 is 0. The van der Waals surface area contributed by atoms with Crippen LogP contribution in [0.1, 0.15) is 36.9 Å². The van der Waals surface area contributed by atoms with Gasteiger partial charge in [0.15, 0.2) is 0 Å². The molecule has 9 heteroatoms. The van der Waals surface area contributed by atoms with Gasteiger partial charge in [-0.05, 0) is 38.5 Å². The minimum absolute atomic E-state index is 0.0200. The lowest BCUT2D eigenvalue weighted by Crippen LogP contribution is -2.43. The van der Waals surface area contributed by atoms with Gasteiger partial charge >= 0.3 is 5.69 Å². The first-order valence-electron chi connectivity index (χ1n) is 8.85. The SMILES string of the molecule is Cc1nc(N2C[C@H]3C[C@H]3C2=O)ncc1C1(n2cc([N+](=O)[O-])cn2)CCC1. The number of nitro groups is 1. The van der Waals surface area contributed by atoms with Gasteiger partial charge in [-0.25, -0.2) is 9.97 Å². The van der Waals surface area contributed by atoms with Crippen LogP contribution in [0.25, 0.3) is 0 Å². The topological polar surface area (TPSA) is 107 Å². The highest BCUT2D eigenvalue weighted by molar-refractivity contribution is 5.98. The molecule has 0 N–H and O–H groups in total. The lowest BCUT2D eigenvalue weighted by molar-refractivity contribution is -0.385. The van der Waals surface area contributed by atoms with Gasteiger partial charge < -0.3 is 0 Å². The Balaban J connectivity index is 1.50. The number of aryl methyl sites for hydroxylation is 1. The molecule has 3 heterocycles. The Bertz CT molecular complexity index is 934. The van der Waals surface area contributed by atoms with E-state index in [2.05, 4.69) is 15.1 Å². The molecule has 1 amide bonds. The number of rotatable bonds is 4. The summed E-state index contributed by atoms with van der Waals surface area (Å²) in [5, 5.41) is 15.2. The third kappa shape index (κ3) is 2.03. The van der Waals surface area contributed by atoms with Gasteiger partial charge in [0, 0.05) is 29.9 Å². The van der Waals surface area contributed by atoms with E-state index in [1.54, 1.807) is 15.8 Å². The van der Waals surface area contributed by atoms with Crippen LogP contribution in [0.2, 0.25) is 0 Å². The van der Waals surface area contributed by atoms with Crippen LogP contribution >= 0.6 is 0 Å². The minimum atomic E-state index is -0.438. The van der Waals surface area contributed by atoms with E-state index in [9.17, 15) is 14.9 Å². The number of nitrogens with zero attached hydrogens (tertiary/aromatic N) is 6. The van der Waals surface area contributed by atoms with E-state index in [1.807, 2.05) is 6.92 Å². The van der Waals surface area contributed by atoms with Gasteiger partial charge in [0.1, 0.15) is 12.4 Å². The second kappa shape index (κ2) is 5.09. The number of hydrogen-bond acceptors (Lipinski definition) is 6. The molecular formula is C17H18N6O3. The van der Waals surface area contributed by atoms with Crippen molar-refractivity contribution in [3.05, 3.63) is 40.0 Å². The van der Waals surface area contributed by atoms with Gasteiger partial charge in [0.25, 0.3) is 0 Å². The zero-order valence-electron chi connectivity index (χ0n) is 14.3. The predicted molar refractivity (Wildman–Crippen MR) is 90.5 cm³/mol. The molecule has 0 aromatic carbocycles. The molecule has 1 saturated heterocycles. The third-order valence-electron chi connectivity index (χ3n) is 6.03. The van der Waals surface area contributed by atoms with E-state index in [0.717, 1.165) is 36.9 Å². The molecule has 9 nitrogen and oxygen atoms in total. The summed E-state index contributed by atoms with van der Waals surface area (Å²) in [6, 6.07) is 0. The molecule has 5 rings (SSSR count). The Morgan fingerprint density at radius 3 is 2.69 bits per heavy atom. The van der Waals surface area contributed by atoms with Crippen LogP contribution in [0.3, 0.4) is 0 Å². The molecule has 2 aliphatic carbocycles. The molecule has 2 saturated carbocycles. The molecule has 3 aliphatic rings. The molecule has 0 bridgehead atoms. The molecule has 2 atom stereocenters. The van der Waals surface area contributed by atoms with Crippen LogP contribution in [-0.2, 0) is 10.3 Å². The quantitative estimate of drug-likeness (QED) is 0.612. The maximum Gasteiger partial charge on any atom is 0.307 e. The van der Waals surface area contributed by atoms with Gasteiger partial charge in [-0.3, -0.25) is 24.5 Å². The average Bonchev–Trinajstić information content (AvgIpc) is 3.02. The number of amides is 1. The predicted octanol–water partition coefficient (Wildman–Crippen LogP) is 1.80. The molecular weight excluding hydrogens is 336 g/mol. The van der Waals surface area contributed by atoms with Gasteiger partial charge in [0.2, 0.25) is 11.9 Å². The van der Waals surface area contributed by atoms with Crippen LogP contribution in [0.5, 0.6) is 0 Å². The van der Waals surface area contributed by atoms with Crippen molar-refractivity contribution >= 4 is 17.5 Å². The maximum atomic E-state index is 12.3. The monoisotopic (exact) mass is 354 g/mol. The molecule has 2 aromatic rings. The molecule has 0 radical (unpaired) electrons. The summed E-state index contributed by atoms with van der Waals surface area (Å²) < 4.78 is 1.68. The smallest absolute Gasteiger partial charge is 0.280 e. The summed E-state index contributed by atoms with van der Waals surface area (Å²) in [6.07, 6.45) is 8.20. The summed E-state index contributed by atoms with van der Waals surface area (Å²) in [4.78, 5) is 33.6. The molecule has 1 aliphatic heterocycles. The second-order valence-electron chi connectivity index (χ2n) is 7.51. The van der Waals surface area contributed by atoms with E-state index >= 15 is 0 Å². The largest absolute Gasteiger partial charge is 0.307 e. The van der Waals surface area contributed by atoms with Crippen molar-refractivity contribution in [1.82, 2.24) is 19.7 Å². The molecule has 0 unspecified atom stereocenters. The lowest BCUT2D eigenvalue weighted by atomic mass is 9.72. The van der Waals surface area contributed by atoms with E-state index < -0.39 is 10.5 Å². The van der Waals surface area contributed by atoms with Gasteiger partial charge in [0.05, 0.1) is 10.5 Å².